The summed E-state index contributed by atoms with van der Waals surface area (Å²) in [7, 11) is 1.56. The van der Waals surface area contributed by atoms with Crippen LogP contribution in [-0.2, 0) is 4.79 Å². The summed E-state index contributed by atoms with van der Waals surface area (Å²) in [5, 5.41) is 7.37. The highest BCUT2D eigenvalue weighted by molar-refractivity contribution is 6.08. The SMILES string of the molecule is CCN(CC(=O)Nc1cccc(OC)c1)C(=O)c1cc(-c2ccc(C)cc2)nc2onc(C)c12. The topological polar surface area (TPSA) is 97.6 Å². The third-order valence-corrected chi connectivity index (χ3v) is 5.55. The maximum Gasteiger partial charge on any atom is 0.259 e. The van der Waals surface area contributed by atoms with Gasteiger partial charge in [-0.05, 0) is 39.0 Å². The summed E-state index contributed by atoms with van der Waals surface area (Å²) in [6.45, 7) is 5.84. The molecule has 2 amide bonds. The van der Waals surface area contributed by atoms with Gasteiger partial charge in [0.15, 0.2) is 0 Å². The van der Waals surface area contributed by atoms with Gasteiger partial charge in [0.05, 0.1) is 29.4 Å². The minimum absolute atomic E-state index is 0.111. The van der Waals surface area contributed by atoms with E-state index in [9.17, 15) is 9.59 Å². The van der Waals surface area contributed by atoms with E-state index in [0.29, 0.717) is 40.3 Å². The number of amides is 2. The van der Waals surface area contributed by atoms with Crippen LogP contribution in [0.25, 0.3) is 22.4 Å². The highest BCUT2D eigenvalue weighted by Gasteiger charge is 2.24. The van der Waals surface area contributed by atoms with Gasteiger partial charge in [0, 0.05) is 23.9 Å². The molecular weight excluding hydrogens is 432 g/mol. The number of nitrogens with one attached hydrogen (secondary N) is 1. The summed E-state index contributed by atoms with van der Waals surface area (Å²) in [6.07, 6.45) is 0. The Labute approximate surface area is 197 Å². The molecule has 8 nitrogen and oxygen atoms in total. The Morgan fingerprint density at radius 2 is 1.85 bits per heavy atom. The number of likely N-dealkylation sites (N-methyl/N-ethyl adjacent to an activating group) is 1. The Morgan fingerprint density at radius 1 is 1.09 bits per heavy atom. The van der Waals surface area contributed by atoms with Gasteiger partial charge in [-0.15, -0.1) is 0 Å². The molecule has 0 atom stereocenters. The average molecular weight is 459 g/mol. The molecule has 0 fully saturated rings. The van der Waals surface area contributed by atoms with Crippen LogP contribution in [0, 0.1) is 13.8 Å². The van der Waals surface area contributed by atoms with Crippen molar-refractivity contribution >= 4 is 28.6 Å². The third kappa shape index (κ3) is 4.76. The number of benzene rings is 2. The zero-order chi connectivity index (χ0) is 24.2. The smallest absolute Gasteiger partial charge is 0.259 e. The van der Waals surface area contributed by atoms with E-state index >= 15 is 0 Å². The Hall–Kier alpha value is -4.20. The number of aryl methyl sites for hydroxylation is 2. The molecule has 2 heterocycles. The lowest BCUT2D eigenvalue weighted by atomic mass is 10.0. The van der Waals surface area contributed by atoms with E-state index in [1.807, 2.05) is 38.1 Å². The fourth-order valence-corrected chi connectivity index (χ4v) is 3.71. The highest BCUT2D eigenvalue weighted by atomic mass is 16.5. The predicted molar refractivity (Wildman–Crippen MR) is 130 cm³/mol. The van der Waals surface area contributed by atoms with Gasteiger partial charge in [0.25, 0.3) is 11.6 Å². The number of fused-ring (bicyclic) bond motifs is 1. The number of carbonyl (C=O) groups is 2. The summed E-state index contributed by atoms with van der Waals surface area (Å²) in [5.41, 5.74) is 4.43. The Morgan fingerprint density at radius 3 is 2.56 bits per heavy atom. The molecule has 34 heavy (non-hydrogen) atoms. The molecule has 0 bridgehead atoms. The molecule has 2 aromatic heterocycles. The molecule has 174 valence electrons. The second-order valence-corrected chi connectivity index (χ2v) is 7.97. The number of nitrogens with zero attached hydrogens (tertiary/aromatic N) is 3. The van der Waals surface area contributed by atoms with Crippen molar-refractivity contribution in [3.05, 3.63) is 71.4 Å². The first-order chi connectivity index (χ1) is 16.4. The molecule has 4 rings (SSSR count). The molecule has 2 aromatic carbocycles. The van der Waals surface area contributed by atoms with Crippen molar-refractivity contribution in [1.29, 1.82) is 0 Å². The lowest BCUT2D eigenvalue weighted by molar-refractivity contribution is -0.116. The molecule has 0 aliphatic heterocycles. The first-order valence-corrected chi connectivity index (χ1v) is 11.0. The molecule has 4 aromatic rings. The first kappa shape index (κ1) is 23.0. The summed E-state index contributed by atoms with van der Waals surface area (Å²) in [4.78, 5) is 32.4. The monoisotopic (exact) mass is 458 g/mol. The van der Waals surface area contributed by atoms with Crippen molar-refractivity contribution in [2.75, 3.05) is 25.5 Å². The summed E-state index contributed by atoms with van der Waals surface area (Å²) < 4.78 is 10.6. The van der Waals surface area contributed by atoms with Crippen molar-refractivity contribution < 1.29 is 18.8 Å². The van der Waals surface area contributed by atoms with E-state index in [4.69, 9.17) is 9.26 Å². The molecular formula is C26H26N4O4. The molecule has 8 heteroatoms. The lowest BCUT2D eigenvalue weighted by Crippen LogP contribution is -2.38. The third-order valence-electron chi connectivity index (χ3n) is 5.55. The standard InChI is InChI=1S/C26H26N4O4/c1-5-30(15-23(31)27-19-7-6-8-20(13-19)33-4)26(32)21-14-22(18-11-9-16(2)10-12-18)28-25-24(21)17(3)29-34-25/h6-14H,5,15H2,1-4H3,(H,27,31). The van der Waals surface area contributed by atoms with Gasteiger partial charge in [-0.2, -0.15) is 0 Å². The fourth-order valence-electron chi connectivity index (χ4n) is 3.71. The molecule has 0 spiro atoms. The second-order valence-electron chi connectivity index (χ2n) is 7.97. The summed E-state index contributed by atoms with van der Waals surface area (Å²) in [6, 6.07) is 16.6. The number of ether oxygens (including phenoxy) is 1. The molecule has 0 aliphatic carbocycles. The van der Waals surface area contributed by atoms with Crippen LogP contribution in [0.2, 0.25) is 0 Å². The van der Waals surface area contributed by atoms with Gasteiger partial charge < -0.3 is 19.5 Å². The normalized spacial score (nSPS) is 10.8. The van der Waals surface area contributed by atoms with Gasteiger partial charge in [-0.1, -0.05) is 41.1 Å². The quantitative estimate of drug-likeness (QED) is 0.434. The summed E-state index contributed by atoms with van der Waals surface area (Å²) in [5.74, 6) is 0.0249. The molecule has 1 N–H and O–H groups in total. The van der Waals surface area contributed by atoms with Gasteiger partial charge in [0.2, 0.25) is 5.91 Å². The largest absolute Gasteiger partial charge is 0.497 e. The maximum atomic E-state index is 13.6. The zero-order valence-electron chi connectivity index (χ0n) is 19.6. The van der Waals surface area contributed by atoms with Crippen molar-refractivity contribution in [3.63, 3.8) is 0 Å². The number of pyridine rings is 1. The van der Waals surface area contributed by atoms with E-state index in [1.54, 1.807) is 44.4 Å². The van der Waals surface area contributed by atoms with E-state index in [0.717, 1.165) is 11.1 Å². The van der Waals surface area contributed by atoms with Crippen molar-refractivity contribution in [2.24, 2.45) is 0 Å². The number of methoxy groups -OCH3 is 1. The Kier molecular flexibility index (Phi) is 6.58. The molecule has 0 saturated heterocycles. The van der Waals surface area contributed by atoms with Crippen molar-refractivity contribution in [3.8, 4) is 17.0 Å². The van der Waals surface area contributed by atoms with Gasteiger partial charge >= 0.3 is 0 Å². The molecule has 0 radical (unpaired) electrons. The zero-order valence-corrected chi connectivity index (χ0v) is 19.6. The highest BCUT2D eigenvalue weighted by Crippen LogP contribution is 2.28. The van der Waals surface area contributed by atoms with Crippen LogP contribution in [0.1, 0.15) is 28.5 Å². The number of rotatable bonds is 7. The number of anilines is 1. The average Bonchev–Trinajstić information content (AvgIpc) is 3.22. The molecule has 0 saturated carbocycles. The van der Waals surface area contributed by atoms with Gasteiger partial charge in [-0.3, -0.25) is 9.59 Å². The molecule has 0 unspecified atom stereocenters. The number of hydrogen-bond acceptors (Lipinski definition) is 6. The predicted octanol–water partition coefficient (Wildman–Crippen LogP) is 4.62. The van der Waals surface area contributed by atoms with Crippen LogP contribution < -0.4 is 10.1 Å². The van der Waals surface area contributed by atoms with Gasteiger partial charge in [0.1, 0.15) is 12.3 Å². The minimum atomic E-state index is -0.311. The first-order valence-electron chi connectivity index (χ1n) is 11.0. The van der Waals surface area contributed by atoms with E-state index in [-0.39, 0.29) is 24.1 Å². The minimum Gasteiger partial charge on any atom is -0.497 e. The van der Waals surface area contributed by atoms with E-state index in [2.05, 4.69) is 15.5 Å². The number of hydrogen-bond donors (Lipinski definition) is 1. The van der Waals surface area contributed by atoms with E-state index < -0.39 is 0 Å². The van der Waals surface area contributed by atoms with Crippen LogP contribution in [0.3, 0.4) is 0 Å². The second kappa shape index (κ2) is 9.74. The van der Waals surface area contributed by atoms with Crippen LogP contribution in [-0.4, -0.2) is 47.1 Å². The van der Waals surface area contributed by atoms with Crippen LogP contribution in [0.5, 0.6) is 5.75 Å². The van der Waals surface area contributed by atoms with Gasteiger partial charge in [-0.25, -0.2) is 4.98 Å². The fraction of sp³-hybridized carbons (Fsp3) is 0.231. The Balaban J connectivity index is 1.63. The van der Waals surface area contributed by atoms with Crippen LogP contribution >= 0.6 is 0 Å². The van der Waals surface area contributed by atoms with Crippen molar-refractivity contribution in [1.82, 2.24) is 15.0 Å². The lowest BCUT2D eigenvalue weighted by Gasteiger charge is -2.21. The van der Waals surface area contributed by atoms with Crippen molar-refractivity contribution in [2.45, 2.75) is 20.8 Å². The number of carbonyl (C=O) groups excluding carboxylic acids is 2. The Bertz CT molecular complexity index is 1340. The molecule has 0 aliphatic rings. The van der Waals surface area contributed by atoms with Crippen LogP contribution in [0.15, 0.2) is 59.1 Å². The van der Waals surface area contributed by atoms with E-state index in [1.165, 1.54) is 4.90 Å². The summed E-state index contributed by atoms with van der Waals surface area (Å²) >= 11 is 0. The van der Waals surface area contributed by atoms with Crippen LogP contribution in [0.4, 0.5) is 5.69 Å². The maximum absolute atomic E-state index is 13.6. The number of aromatic nitrogens is 2.